The molecule has 2 N–H and O–H groups in total. The van der Waals surface area contributed by atoms with E-state index >= 15 is 0 Å². The van der Waals surface area contributed by atoms with Crippen LogP contribution in [0.25, 0.3) is 0 Å². The van der Waals surface area contributed by atoms with E-state index in [9.17, 15) is 9.59 Å². The summed E-state index contributed by atoms with van der Waals surface area (Å²) in [4.78, 5) is 25.0. The normalized spacial score (nSPS) is 23.7. The van der Waals surface area contributed by atoms with Crippen molar-refractivity contribution < 1.29 is 14.7 Å². The molecule has 1 aliphatic rings. The Morgan fingerprint density at radius 3 is 2.24 bits per heavy atom. The highest BCUT2D eigenvalue weighted by molar-refractivity contribution is 5.76. The van der Waals surface area contributed by atoms with Crippen LogP contribution in [-0.2, 0) is 4.79 Å². The lowest BCUT2D eigenvalue weighted by Crippen LogP contribution is -2.50. The lowest BCUT2D eigenvalue weighted by Gasteiger charge is -2.35. The SMILES string of the molecule is CCC1CCC(N(C)C(=O)NC(CC(=O)O)C(C)C)CC1. The molecule has 2 amide bonds. The number of carbonyl (C=O) groups is 2. The molecule has 0 aromatic heterocycles. The van der Waals surface area contributed by atoms with Crippen LogP contribution in [0.3, 0.4) is 0 Å². The van der Waals surface area contributed by atoms with Gasteiger partial charge in [0.25, 0.3) is 0 Å². The quantitative estimate of drug-likeness (QED) is 0.791. The minimum atomic E-state index is -0.875. The first-order valence-electron chi connectivity index (χ1n) is 8.10. The van der Waals surface area contributed by atoms with E-state index in [0.29, 0.717) is 0 Å². The molecule has 1 aliphatic carbocycles. The van der Waals surface area contributed by atoms with Crippen molar-refractivity contribution in [3.8, 4) is 0 Å². The van der Waals surface area contributed by atoms with Gasteiger partial charge in [-0.25, -0.2) is 4.79 Å². The fraction of sp³-hybridized carbons (Fsp3) is 0.875. The highest BCUT2D eigenvalue weighted by Gasteiger charge is 2.28. The summed E-state index contributed by atoms with van der Waals surface area (Å²) in [6.07, 6.45) is 5.65. The van der Waals surface area contributed by atoms with Gasteiger partial charge in [-0.15, -0.1) is 0 Å². The van der Waals surface area contributed by atoms with Crippen LogP contribution in [0.4, 0.5) is 4.79 Å². The van der Waals surface area contributed by atoms with E-state index in [1.165, 1.54) is 19.3 Å². The Hall–Kier alpha value is -1.26. The van der Waals surface area contributed by atoms with Crippen LogP contribution in [0, 0.1) is 11.8 Å². The van der Waals surface area contributed by atoms with Gasteiger partial charge < -0.3 is 15.3 Å². The van der Waals surface area contributed by atoms with E-state index in [-0.39, 0.29) is 30.5 Å². The first-order valence-corrected chi connectivity index (χ1v) is 8.10. The van der Waals surface area contributed by atoms with Crippen LogP contribution in [0.5, 0.6) is 0 Å². The predicted molar refractivity (Wildman–Crippen MR) is 83.2 cm³/mol. The number of carbonyl (C=O) groups excluding carboxylic acids is 1. The smallest absolute Gasteiger partial charge is 0.317 e. The van der Waals surface area contributed by atoms with Crippen LogP contribution in [0.15, 0.2) is 0 Å². The van der Waals surface area contributed by atoms with Gasteiger partial charge in [0, 0.05) is 19.1 Å². The van der Waals surface area contributed by atoms with Gasteiger partial charge in [-0.3, -0.25) is 4.79 Å². The summed E-state index contributed by atoms with van der Waals surface area (Å²) in [5, 5.41) is 11.8. The van der Waals surface area contributed by atoms with Gasteiger partial charge in [-0.2, -0.15) is 0 Å². The lowest BCUT2D eigenvalue weighted by atomic mass is 9.84. The van der Waals surface area contributed by atoms with Crippen molar-refractivity contribution in [3.63, 3.8) is 0 Å². The van der Waals surface area contributed by atoms with Crippen LogP contribution in [-0.4, -0.2) is 41.1 Å². The minimum Gasteiger partial charge on any atom is -0.481 e. The first-order chi connectivity index (χ1) is 9.85. The van der Waals surface area contributed by atoms with Crippen molar-refractivity contribution >= 4 is 12.0 Å². The molecule has 0 radical (unpaired) electrons. The molecule has 122 valence electrons. The molecule has 0 spiro atoms. The van der Waals surface area contributed by atoms with Gasteiger partial charge in [-0.05, 0) is 37.5 Å². The third-order valence-electron chi connectivity index (χ3n) is 4.77. The highest BCUT2D eigenvalue weighted by atomic mass is 16.4. The molecule has 0 aliphatic heterocycles. The fourth-order valence-corrected chi connectivity index (χ4v) is 3.01. The molecule has 0 aromatic rings. The Bertz CT molecular complexity index is 349. The van der Waals surface area contributed by atoms with Gasteiger partial charge in [-0.1, -0.05) is 27.2 Å². The molecular weight excluding hydrogens is 268 g/mol. The highest BCUT2D eigenvalue weighted by Crippen LogP contribution is 2.29. The Kier molecular flexibility index (Phi) is 6.99. The maximum atomic E-state index is 12.3. The van der Waals surface area contributed by atoms with Crippen molar-refractivity contribution in [1.29, 1.82) is 0 Å². The van der Waals surface area contributed by atoms with E-state index < -0.39 is 5.97 Å². The average molecular weight is 298 g/mol. The number of carboxylic acid groups (broad SMARTS) is 1. The zero-order valence-corrected chi connectivity index (χ0v) is 13.8. The van der Waals surface area contributed by atoms with Gasteiger partial charge in [0.05, 0.1) is 6.42 Å². The Morgan fingerprint density at radius 1 is 1.24 bits per heavy atom. The zero-order chi connectivity index (χ0) is 16.0. The van der Waals surface area contributed by atoms with E-state index in [1.807, 2.05) is 20.9 Å². The number of nitrogens with one attached hydrogen (secondary N) is 1. The summed E-state index contributed by atoms with van der Waals surface area (Å²) < 4.78 is 0. The summed E-state index contributed by atoms with van der Waals surface area (Å²) >= 11 is 0. The summed E-state index contributed by atoms with van der Waals surface area (Å²) in [7, 11) is 1.82. The van der Waals surface area contributed by atoms with E-state index in [0.717, 1.165) is 18.8 Å². The standard InChI is InChI=1S/C16H30N2O3/c1-5-12-6-8-13(9-7-12)18(4)16(21)17-14(11(2)3)10-15(19)20/h11-14H,5-10H2,1-4H3,(H,17,21)(H,19,20). The van der Waals surface area contributed by atoms with Gasteiger partial charge in [0.1, 0.15) is 0 Å². The van der Waals surface area contributed by atoms with Crippen molar-refractivity contribution in [3.05, 3.63) is 0 Å². The summed E-state index contributed by atoms with van der Waals surface area (Å²) in [5.74, 6) is 0.0301. The molecule has 21 heavy (non-hydrogen) atoms. The van der Waals surface area contributed by atoms with Crippen molar-refractivity contribution in [2.24, 2.45) is 11.8 Å². The molecule has 0 heterocycles. The Balaban J connectivity index is 2.51. The maximum Gasteiger partial charge on any atom is 0.317 e. The molecule has 1 unspecified atom stereocenters. The molecule has 0 aromatic carbocycles. The number of amides is 2. The monoisotopic (exact) mass is 298 g/mol. The van der Waals surface area contributed by atoms with Gasteiger partial charge in [0.2, 0.25) is 0 Å². The van der Waals surface area contributed by atoms with Crippen LogP contribution in [0.2, 0.25) is 0 Å². The molecular formula is C16H30N2O3. The zero-order valence-electron chi connectivity index (χ0n) is 13.8. The molecule has 1 fully saturated rings. The first kappa shape index (κ1) is 17.8. The summed E-state index contributed by atoms with van der Waals surface area (Å²) in [5.41, 5.74) is 0. The number of carboxylic acids is 1. The number of rotatable bonds is 6. The third kappa shape index (κ3) is 5.56. The summed E-state index contributed by atoms with van der Waals surface area (Å²) in [6.45, 7) is 6.08. The van der Waals surface area contributed by atoms with Gasteiger partial charge in [0.15, 0.2) is 0 Å². The molecule has 1 atom stereocenters. The second-order valence-corrected chi connectivity index (χ2v) is 6.59. The minimum absolute atomic E-state index is 0.0280. The van der Waals surface area contributed by atoms with E-state index in [1.54, 1.807) is 4.90 Å². The number of hydrogen-bond acceptors (Lipinski definition) is 2. The number of aliphatic carboxylic acids is 1. The number of nitrogens with zero attached hydrogens (tertiary/aromatic N) is 1. The molecule has 1 saturated carbocycles. The average Bonchev–Trinajstić information content (AvgIpc) is 2.45. The van der Waals surface area contributed by atoms with Crippen LogP contribution >= 0.6 is 0 Å². The molecule has 1 rings (SSSR count). The van der Waals surface area contributed by atoms with Crippen LogP contribution < -0.4 is 5.32 Å². The molecule has 5 nitrogen and oxygen atoms in total. The maximum absolute atomic E-state index is 12.3. The molecule has 5 heteroatoms. The lowest BCUT2D eigenvalue weighted by molar-refractivity contribution is -0.137. The van der Waals surface area contributed by atoms with Gasteiger partial charge >= 0.3 is 12.0 Å². The van der Waals surface area contributed by atoms with E-state index in [4.69, 9.17) is 5.11 Å². The topological polar surface area (TPSA) is 69.6 Å². The second kappa shape index (κ2) is 8.25. The van der Waals surface area contributed by atoms with Crippen molar-refractivity contribution in [2.75, 3.05) is 7.05 Å². The number of urea groups is 1. The fourth-order valence-electron chi connectivity index (χ4n) is 3.01. The second-order valence-electron chi connectivity index (χ2n) is 6.59. The Morgan fingerprint density at radius 2 is 1.81 bits per heavy atom. The molecule has 0 bridgehead atoms. The summed E-state index contributed by atoms with van der Waals surface area (Å²) in [6, 6.07) is -0.176. The van der Waals surface area contributed by atoms with E-state index in [2.05, 4.69) is 12.2 Å². The largest absolute Gasteiger partial charge is 0.481 e. The van der Waals surface area contributed by atoms with Crippen LogP contribution in [0.1, 0.15) is 59.3 Å². The van der Waals surface area contributed by atoms with Crippen molar-refractivity contribution in [1.82, 2.24) is 10.2 Å². The van der Waals surface area contributed by atoms with Crippen molar-refractivity contribution in [2.45, 2.75) is 71.4 Å². The molecule has 0 saturated heterocycles. The predicted octanol–water partition coefficient (Wildman–Crippen LogP) is 3.10. The number of hydrogen-bond donors (Lipinski definition) is 2. The Labute approximate surface area is 128 Å². The third-order valence-corrected chi connectivity index (χ3v) is 4.77.